The molecule has 4 nitrogen and oxygen atoms in total. The van der Waals surface area contributed by atoms with Crippen molar-refractivity contribution in [2.45, 2.75) is 26.3 Å². The number of hydrogen-bond donors (Lipinski definition) is 2. The molecule has 1 unspecified atom stereocenters. The van der Waals surface area contributed by atoms with Gasteiger partial charge in [-0.25, -0.2) is 4.79 Å². The second-order valence-electron chi connectivity index (χ2n) is 4.60. The number of rotatable bonds is 4. The van der Waals surface area contributed by atoms with E-state index < -0.39 is 0 Å². The molecule has 4 heteroatoms. The summed E-state index contributed by atoms with van der Waals surface area (Å²) in [6.45, 7) is 3.90. The summed E-state index contributed by atoms with van der Waals surface area (Å²) in [5.74, 6) is 0.865. The van der Waals surface area contributed by atoms with Gasteiger partial charge in [-0.3, -0.25) is 0 Å². The third-order valence-electron chi connectivity index (χ3n) is 2.86. The summed E-state index contributed by atoms with van der Waals surface area (Å²) in [4.78, 5) is 11.9. The number of furan rings is 1. The molecule has 2 N–H and O–H groups in total. The van der Waals surface area contributed by atoms with Crippen LogP contribution in [0.15, 0.2) is 47.1 Å². The van der Waals surface area contributed by atoms with Gasteiger partial charge in [0.1, 0.15) is 5.76 Å². The molecule has 0 fully saturated rings. The van der Waals surface area contributed by atoms with E-state index >= 15 is 0 Å². The van der Waals surface area contributed by atoms with Crippen LogP contribution in [0.25, 0.3) is 0 Å². The molecule has 0 saturated heterocycles. The lowest BCUT2D eigenvalue weighted by atomic mass is 10.2. The van der Waals surface area contributed by atoms with Gasteiger partial charge in [-0.2, -0.15) is 0 Å². The van der Waals surface area contributed by atoms with Gasteiger partial charge >= 0.3 is 6.03 Å². The van der Waals surface area contributed by atoms with Gasteiger partial charge in [0.2, 0.25) is 0 Å². The molecule has 0 spiro atoms. The molecule has 2 aromatic rings. The van der Waals surface area contributed by atoms with Gasteiger partial charge in [0.05, 0.1) is 6.26 Å². The lowest BCUT2D eigenvalue weighted by Gasteiger charge is -2.14. The summed E-state index contributed by atoms with van der Waals surface area (Å²) in [5, 5.41) is 5.72. The largest absolute Gasteiger partial charge is 0.469 e. The minimum Gasteiger partial charge on any atom is -0.469 e. The Morgan fingerprint density at radius 3 is 2.74 bits per heavy atom. The summed E-state index contributed by atoms with van der Waals surface area (Å²) in [5.41, 5.74) is 1.86. The average Bonchev–Trinajstić information content (AvgIpc) is 2.84. The maximum atomic E-state index is 11.9. The molecule has 19 heavy (non-hydrogen) atoms. The minimum atomic E-state index is -0.201. The topological polar surface area (TPSA) is 54.3 Å². The van der Waals surface area contributed by atoms with Crippen LogP contribution in [0.3, 0.4) is 0 Å². The normalized spacial score (nSPS) is 11.9. The van der Waals surface area contributed by atoms with Crippen molar-refractivity contribution in [1.82, 2.24) is 5.32 Å². The first-order valence-corrected chi connectivity index (χ1v) is 6.30. The lowest BCUT2D eigenvalue weighted by molar-refractivity contribution is 0.248. The predicted octanol–water partition coefficient (Wildman–Crippen LogP) is 3.34. The van der Waals surface area contributed by atoms with Crippen LogP contribution in [0.2, 0.25) is 0 Å². The van der Waals surface area contributed by atoms with Crippen LogP contribution >= 0.6 is 0 Å². The molecule has 1 aromatic heterocycles. The van der Waals surface area contributed by atoms with E-state index in [2.05, 4.69) is 10.6 Å². The number of para-hydroxylation sites is 1. The van der Waals surface area contributed by atoms with E-state index in [1.165, 1.54) is 0 Å². The Morgan fingerprint density at radius 2 is 2.05 bits per heavy atom. The Labute approximate surface area is 112 Å². The fourth-order valence-electron chi connectivity index (χ4n) is 1.88. The van der Waals surface area contributed by atoms with Crippen LogP contribution in [0.4, 0.5) is 10.5 Å². The van der Waals surface area contributed by atoms with E-state index in [1.54, 1.807) is 6.26 Å². The molecule has 0 radical (unpaired) electrons. The molecule has 2 amide bonds. The summed E-state index contributed by atoms with van der Waals surface area (Å²) in [6, 6.07) is 11.2. The van der Waals surface area contributed by atoms with Crippen LogP contribution in [0.1, 0.15) is 18.2 Å². The third-order valence-corrected chi connectivity index (χ3v) is 2.86. The van der Waals surface area contributed by atoms with E-state index in [4.69, 9.17) is 4.42 Å². The molecule has 0 aliphatic rings. The van der Waals surface area contributed by atoms with Crippen molar-refractivity contribution in [3.8, 4) is 0 Å². The monoisotopic (exact) mass is 258 g/mol. The zero-order chi connectivity index (χ0) is 13.7. The first-order chi connectivity index (χ1) is 9.15. The highest BCUT2D eigenvalue weighted by atomic mass is 16.3. The van der Waals surface area contributed by atoms with Crippen molar-refractivity contribution in [2.24, 2.45) is 0 Å². The molecule has 0 saturated carbocycles. The maximum Gasteiger partial charge on any atom is 0.319 e. The van der Waals surface area contributed by atoms with Crippen LogP contribution in [0.5, 0.6) is 0 Å². The molecule has 0 aliphatic carbocycles. The molecule has 0 bridgehead atoms. The zero-order valence-electron chi connectivity index (χ0n) is 11.1. The number of aryl methyl sites for hydroxylation is 1. The van der Waals surface area contributed by atoms with Crippen molar-refractivity contribution < 1.29 is 9.21 Å². The number of anilines is 1. The van der Waals surface area contributed by atoms with Gasteiger partial charge in [-0.05, 0) is 37.6 Å². The highest BCUT2D eigenvalue weighted by molar-refractivity contribution is 5.90. The predicted molar refractivity (Wildman–Crippen MR) is 75.2 cm³/mol. The minimum absolute atomic E-state index is 0.00942. The summed E-state index contributed by atoms with van der Waals surface area (Å²) in [6.07, 6.45) is 2.31. The Bertz CT molecular complexity index is 535. The Balaban J connectivity index is 1.86. The van der Waals surface area contributed by atoms with Crippen LogP contribution in [-0.2, 0) is 6.42 Å². The zero-order valence-corrected chi connectivity index (χ0v) is 11.1. The van der Waals surface area contributed by atoms with Gasteiger partial charge < -0.3 is 15.1 Å². The average molecular weight is 258 g/mol. The highest BCUT2D eigenvalue weighted by Crippen LogP contribution is 2.12. The second kappa shape index (κ2) is 6.09. The second-order valence-corrected chi connectivity index (χ2v) is 4.60. The molecular formula is C15H18N2O2. The third kappa shape index (κ3) is 3.88. The molecule has 1 heterocycles. The van der Waals surface area contributed by atoms with Gasteiger partial charge in [-0.1, -0.05) is 18.2 Å². The van der Waals surface area contributed by atoms with Crippen molar-refractivity contribution in [2.75, 3.05) is 5.32 Å². The molecule has 1 aromatic carbocycles. The van der Waals surface area contributed by atoms with E-state index in [0.717, 1.165) is 17.0 Å². The number of amides is 2. The summed E-state index contributed by atoms with van der Waals surface area (Å²) < 4.78 is 5.25. The molecule has 1 atom stereocenters. The standard InChI is InChI=1S/C15H18N2O2/c1-11-6-3-4-8-14(11)17-15(18)16-12(2)10-13-7-5-9-19-13/h3-9,12H,10H2,1-2H3,(H2,16,17,18). The van der Waals surface area contributed by atoms with Crippen LogP contribution in [0, 0.1) is 6.92 Å². The van der Waals surface area contributed by atoms with Crippen LogP contribution in [-0.4, -0.2) is 12.1 Å². The van der Waals surface area contributed by atoms with E-state index in [0.29, 0.717) is 6.42 Å². The molecule has 100 valence electrons. The fraction of sp³-hybridized carbons (Fsp3) is 0.267. The molecule has 0 aliphatic heterocycles. The number of carbonyl (C=O) groups excluding carboxylic acids is 1. The Kier molecular flexibility index (Phi) is 4.23. The van der Waals surface area contributed by atoms with E-state index in [9.17, 15) is 4.79 Å². The van der Waals surface area contributed by atoms with Crippen molar-refractivity contribution >= 4 is 11.7 Å². The fourth-order valence-corrected chi connectivity index (χ4v) is 1.88. The number of nitrogens with one attached hydrogen (secondary N) is 2. The van der Waals surface area contributed by atoms with Gasteiger partial charge in [0.25, 0.3) is 0 Å². The van der Waals surface area contributed by atoms with Crippen molar-refractivity contribution in [3.05, 3.63) is 54.0 Å². The van der Waals surface area contributed by atoms with Crippen molar-refractivity contribution in [1.29, 1.82) is 0 Å². The SMILES string of the molecule is Cc1ccccc1NC(=O)NC(C)Cc1ccco1. The Morgan fingerprint density at radius 1 is 1.26 bits per heavy atom. The molecular weight excluding hydrogens is 240 g/mol. The van der Waals surface area contributed by atoms with Gasteiger partial charge in [0, 0.05) is 18.2 Å². The van der Waals surface area contributed by atoms with Gasteiger partial charge in [-0.15, -0.1) is 0 Å². The molecule has 2 rings (SSSR count). The van der Waals surface area contributed by atoms with Crippen LogP contribution < -0.4 is 10.6 Å². The van der Waals surface area contributed by atoms with E-state index in [-0.39, 0.29) is 12.1 Å². The first kappa shape index (κ1) is 13.2. The highest BCUT2D eigenvalue weighted by Gasteiger charge is 2.10. The van der Waals surface area contributed by atoms with Gasteiger partial charge in [0.15, 0.2) is 0 Å². The number of hydrogen-bond acceptors (Lipinski definition) is 2. The van der Waals surface area contributed by atoms with E-state index in [1.807, 2.05) is 50.2 Å². The summed E-state index contributed by atoms with van der Waals surface area (Å²) in [7, 11) is 0. The van der Waals surface area contributed by atoms with Crippen molar-refractivity contribution in [3.63, 3.8) is 0 Å². The quantitative estimate of drug-likeness (QED) is 0.883. The first-order valence-electron chi connectivity index (χ1n) is 6.30. The Hall–Kier alpha value is -2.23. The number of benzene rings is 1. The smallest absolute Gasteiger partial charge is 0.319 e. The number of carbonyl (C=O) groups is 1. The maximum absolute atomic E-state index is 11.9. The lowest BCUT2D eigenvalue weighted by Crippen LogP contribution is -2.37. The summed E-state index contributed by atoms with van der Waals surface area (Å²) >= 11 is 0. The number of urea groups is 1.